The second-order valence-corrected chi connectivity index (χ2v) is 6.96. The van der Waals surface area contributed by atoms with Crippen molar-refractivity contribution in [3.8, 4) is 0 Å². The van der Waals surface area contributed by atoms with Crippen LogP contribution in [0.5, 0.6) is 0 Å². The standard InChI is InChI=1S/C17H21N3OS/c1-2-11-5-8-14-15(9-11)22-17(19-14)20-16(21)10-12-3-6-13(18)7-4-12/h3-4,6-7,11H,2,5,8-10,18H2,1H3,(H,19,20,21). The van der Waals surface area contributed by atoms with Gasteiger partial charge in [0.2, 0.25) is 5.91 Å². The monoisotopic (exact) mass is 315 g/mol. The Morgan fingerprint density at radius 3 is 2.91 bits per heavy atom. The maximum atomic E-state index is 12.1. The summed E-state index contributed by atoms with van der Waals surface area (Å²) in [5.74, 6) is 0.745. The second kappa shape index (κ2) is 6.48. The first kappa shape index (κ1) is 15.0. The summed E-state index contributed by atoms with van der Waals surface area (Å²) in [6.45, 7) is 2.24. The number of nitrogens with one attached hydrogen (secondary N) is 1. The van der Waals surface area contributed by atoms with Crippen LogP contribution in [0.3, 0.4) is 0 Å². The number of hydrogen-bond acceptors (Lipinski definition) is 4. The third-order valence-electron chi connectivity index (χ3n) is 4.21. The van der Waals surface area contributed by atoms with E-state index < -0.39 is 0 Å². The highest BCUT2D eigenvalue weighted by Crippen LogP contribution is 2.33. The maximum absolute atomic E-state index is 12.1. The Bertz CT molecular complexity index is 663. The predicted octanol–water partition coefficient (Wildman–Crippen LogP) is 3.42. The van der Waals surface area contributed by atoms with E-state index in [9.17, 15) is 4.79 Å². The Labute approximate surface area is 134 Å². The van der Waals surface area contributed by atoms with Crippen LogP contribution in [0.4, 0.5) is 10.8 Å². The van der Waals surface area contributed by atoms with Crippen molar-refractivity contribution in [1.29, 1.82) is 0 Å². The van der Waals surface area contributed by atoms with Crippen LogP contribution in [-0.4, -0.2) is 10.9 Å². The highest BCUT2D eigenvalue weighted by atomic mass is 32.1. The summed E-state index contributed by atoms with van der Waals surface area (Å²) in [5.41, 5.74) is 8.50. The van der Waals surface area contributed by atoms with Gasteiger partial charge in [-0.05, 0) is 42.9 Å². The Kier molecular flexibility index (Phi) is 4.43. The third-order valence-corrected chi connectivity index (χ3v) is 5.25. The van der Waals surface area contributed by atoms with Crippen LogP contribution in [0.25, 0.3) is 0 Å². The van der Waals surface area contributed by atoms with E-state index in [1.165, 1.54) is 23.4 Å². The Balaban J connectivity index is 1.62. The lowest BCUT2D eigenvalue weighted by Gasteiger charge is -2.18. The minimum atomic E-state index is -0.0251. The van der Waals surface area contributed by atoms with E-state index in [0.717, 1.165) is 29.5 Å². The highest BCUT2D eigenvalue weighted by Gasteiger charge is 2.21. The lowest BCUT2D eigenvalue weighted by atomic mass is 9.89. The molecule has 1 amide bonds. The van der Waals surface area contributed by atoms with E-state index in [1.54, 1.807) is 11.3 Å². The molecule has 0 saturated heterocycles. The van der Waals surface area contributed by atoms with Gasteiger partial charge in [0.05, 0.1) is 12.1 Å². The number of carbonyl (C=O) groups excluding carboxylic acids is 1. The van der Waals surface area contributed by atoms with Gasteiger partial charge in [-0.1, -0.05) is 25.5 Å². The van der Waals surface area contributed by atoms with Gasteiger partial charge in [-0.3, -0.25) is 4.79 Å². The molecule has 22 heavy (non-hydrogen) atoms. The number of hydrogen-bond donors (Lipinski definition) is 2. The van der Waals surface area contributed by atoms with Crippen LogP contribution in [0.15, 0.2) is 24.3 Å². The fourth-order valence-electron chi connectivity index (χ4n) is 2.83. The highest BCUT2D eigenvalue weighted by molar-refractivity contribution is 7.15. The molecule has 0 saturated carbocycles. The molecule has 3 N–H and O–H groups in total. The van der Waals surface area contributed by atoms with Crippen LogP contribution < -0.4 is 11.1 Å². The van der Waals surface area contributed by atoms with Crippen molar-refractivity contribution in [3.63, 3.8) is 0 Å². The molecule has 1 aromatic carbocycles. The van der Waals surface area contributed by atoms with Crippen molar-refractivity contribution in [2.75, 3.05) is 11.1 Å². The smallest absolute Gasteiger partial charge is 0.230 e. The van der Waals surface area contributed by atoms with E-state index >= 15 is 0 Å². The second-order valence-electron chi connectivity index (χ2n) is 5.87. The molecule has 1 heterocycles. The average molecular weight is 315 g/mol. The molecule has 0 radical (unpaired) electrons. The number of thiazole rings is 1. The molecule has 0 bridgehead atoms. The summed E-state index contributed by atoms with van der Waals surface area (Å²) < 4.78 is 0. The van der Waals surface area contributed by atoms with E-state index in [-0.39, 0.29) is 5.91 Å². The Morgan fingerprint density at radius 1 is 1.41 bits per heavy atom. The van der Waals surface area contributed by atoms with E-state index in [2.05, 4.69) is 17.2 Å². The molecule has 1 aromatic heterocycles. The van der Waals surface area contributed by atoms with Gasteiger partial charge < -0.3 is 11.1 Å². The van der Waals surface area contributed by atoms with Gasteiger partial charge in [-0.15, -0.1) is 11.3 Å². The first-order valence-corrected chi connectivity index (χ1v) is 8.58. The van der Waals surface area contributed by atoms with Crippen molar-refractivity contribution < 1.29 is 4.79 Å². The lowest BCUT2D eigenvalue weighted by molar-refractivity contribution is -0.115. The van der Waals surface area contributed by atoms with Crippen molar-refractivity contribution in [3.05, 3.63) is 40.4 Å². The zero-order valence-corrected chi connectivity index (χ0v) is 13.6. The van der Waals surface area contributed by atoms with E-state index in [0.29, 0.717) is 12.1 Å². The summed E-state index contributed by atoms with van der Waals surface area (Å²) in [5, 5.41) is 3.67. The van der Waals surface area contributed by atoms with Crippen LogP contribution in [0.1, 0.15) is 35.9 Å². The zero-order valence-electron chi connectivity index (χ0n) is 12.8. The molecular weight excluding hydrogens is 294 g/mol. The average Bonchev–Trinajstić information content (AvgIpc) is 2.90. The molecule has 4 nitrogen and oxygen atoms in total. The number of nitrogens with two attached hydrogens (primary N) is 1. The van der Waals surface area contributed by atoms with Crippen molar-refractivity contribution in [1.82, 2.24) is 4.98 Å². The molecular formula is C17H21N3OS. The summed E-state index contributed by atoms with van der Waals surface area (Å²) in [6.07, 6.45) is 4.93. The Morgan fingerprint density at radius 2 is 2.18 bits per heavy atom. The van der Waals surface area contributed by atoms with Crippen molar-refractivity contribution in [2.24, 2.45) is 5.92 Å². The molecule has 1 aliphatic carbocycles. The van der Waals surface area contributed by atoms with Gasteiger partial charge in [0.25, 0.3) is 0 Å². The Hall–Kier alpha value is -1.88. The summed E-state index contributed by atoms with van der Waals surface area (Å²) in [4.78, 5) is 18.1. The van der Waals surface area contributed by atoms with Gasteiger partial charge >= 0.3 is 0 Å². The topological polar surface area (TPSA) is 68.0 Å². The molecule has 5 heteroatoms. The van der Waals surface area contributed by atoms with E-state index in [4.69, 9.17) is 5.73 Å². The maximum Gasteiger partial charge on any atom is 0.230 e. The largest absolute Gasteiger partial charge is 0.399 e. The summed E-state index contributed by atoms with van der Waals surface area (Å²) in [6, 6.07) is 7.40. The molecule has 116 valence electrons. The number of carbonyl (C=O) groups is 1. The van der Waals surface area contributed by atoms with Gasteiger partial charge in [-0.25, -0.2) is 4.98 Å². The minimum Gasteiger partial charge on any atom is -0.399 e. The number of nitrogens with zero attached hydrogens (tertiary/aromatic N) is 1. The first-order chi connectivity index (χ1) is 10.6. The molecule has 0 spiro atoms. The number of aryl methyl sites for hydroxylation is 1. The van der Waals surface area contributed by atoms with Gasteiger partial charge in [0.1, 0.15) is 0 Å². The van der Waals surface area contributed by atoms with Crippen molar-refractivity contribution in [2.45, 2.75) is 39.0 Å². The zero-order chi connectivity index (χ0) is 15.5. The molecule has 2 aromatic rings. The predicted molar refractivity (Wildman–Crippen MR) is 91.1 cm³/mol. The fourth-order valence-corrected chi connectivity index (χ4v) is 3.97. The number of benzene rings is 1. The summed E-state index contributed by atoms with van der Waals surface area (Å²) >= 11 is 1.63. The fraction of sp³-hybridized carbons (Fsp3) is 0.412. The van der Waals surface area contributed by atoms with Crippen LogP contribution in [0, 0.1) is 5.92 Å². The van der Waals surface area contributed by atoms with Gasteiger partial charge in [-0.2, -0.15) is 0 Å². The number of nitrogen functional groups attached to an aromatic ring is 1. The molecule has 3 rings (SSSR count). The van der Waals surface area contributed by atoms with Crippen LogP contribution >= 0.6 is 11.3 Å². The quantitative estimate of drug-likeness (QED) is 0.849. The minimum absolute atomic E-state index is 0.0251. The molecule has 0 fully saturated rings. The van der Waals surface area contributed by atoms with E-state index in [1.807, 2.05) is 24.3 Å². The number of fused-ring (bicyclic) bond motifs is 1. The summed E-state index contributed by atoms with van der Waals surface area (Å²) in [7, 11) is 0. The number of rotatable bonds is 4. The SMILES string of the molecule is CCC1CCc2nc(NC(=O)Cc3ccc(N)cc3)sc2C1. The van der Waals surface area contributed by atoms with Crippen molar-refractivity contribution >= 4 is 28.1 Å². The van der Waals surface area contributed by atoms with Crippen LogP contribution in [0.2, 0.25) is 0 Å². The molecule has 0 aliphatic heterocycles. The van der Waals surface area contributed by atoms with Gasteiger partial charge in [0.15, 0.2) is 5.13 Å². The normalized spacial score (nSPS) is 17.0. The number of aromatic nitrogens is 1. The lowest BCUT2D eigenvalue weighted by Crippen LogP contribution is -2.14. The molecule has 1 unspecified atom stereocenters. The first-order valence-electron chi connectivity index (χ1n) is 7.77. The third kappa shape index (κ3) is 3.47. The molecule has 1 atom stereocenters. The molecule has 1 aliphatic rings. The van der Waals surface area contributed by atoms with Gasteiger partial charge in [0, 0.05) is 10.6 Å². The number of anilines is 2. The number of amides is 1. The van der Waals surface area contributed by atoms with Crippen LogP contribution in [-0.2, 0) is 24.1 Å².